The van der Waals surface area contributed by atoms with Crippen molar-refractivity contribution in [2.75, 3.05) is 39.3 Å². The predicted molar refractivity (Wildman–Crippen MR) is 105 cm³/mol. The summed E-state index contributed by atoms with van der Waals surface area (Å²) in [5.74, 6) is 2.16. The Bertz CT molecular complexity index is 767. The molecule has 0 spiro atoms. The molecule has 1 atom stereocenters. The van der Waals surface area contributed by atoms with Crippen molar-refractivity contribution in [1.29, 1.82) is 0 Å². The van der Waals surface area contributed by atoms with Gasteiger partial charge >= 0.3 is 6.03 Å². The Morgan fingerprint density at radius 2 is 2.04 bits per heavy atom. The van der Waals surface area contributed by atoms with Crippen LogP contribution in [0.4, 0.5) is 4.79 Å². The molecule has 4 rings (SSSR count). The minimum atomic E-state index is 0.0737. The van der Waals surface area contributed by atoms with Crippen molar-refractivity contribution >= 4 is 11.7 Å². The lowest BCUT2D eigenvalue weighted by molar-refractivity contribution is 0.168. The molecule has 0 radical (unpaired) electrons. The second-order valence-corrected chi connectivity index (χ2v) is 8.03. The van der Waals surface area contributed by atoms with Crippen molar-refractivity contribution < 1.29 is 4.79 Å². The number of hydrogen-bond acceptors (Lipinski definition) is 4. The van der Waals surface area contributed by atoms with Crippen LogP contribution < -0.4 is 5.32 Å². The number of piperidine rings is 2. The van der Waals surface area contributed by atoms with Gasteiger partial charge in [-0.25, -0.2) is 4.79 Å². The van der Waals surface area contributed by atoms with Crippen LogP contribution in [0.2, 0.25) is 0 Å². The molecular weight excluding hydrogens is 340 g/mol. The van der Waals surface area contributed by atoms with E-state index in [1.807, 2.05) is 29.3 Å². The third kappa shape index (κ3) is 4.24. The molecule has 2 aliphatic heterocycles. The molecule has 27 heavy (non-hydrogen) atoms. The number of aromatic nitrogens is 3. The summed E-state index contributed by atoms with van der Waals surface area (Å²) in [6.07, 6.45) is 6.50. The number of pyridine rings is 1. The minimum Gasteiger partial charge on any atom is -0.337 e. The SMILES string of the molecule is CC1CCCN(CCNC(=O)N2CCC(c3nnc4ccccn34)CC2)C1. The number of amides is 2. The molecule has 4 heterocycles. The molecule has 2 aliphatic rings. The summed E-state index contributed by atoms with van der Waals surface area (Å²) in [5.41, 5.74) is 0.889. The Morgan fingerprint density at radius 1 is 1.19 bits per heavy atom. The monoisotopic (exact) mass is 370 g/mol. The molecule has 2 amide bonds. The molecule has 2 fully saturated rings. The normalized spacial score (nSPS) is 22.3. The molecule has 2 saturated heterocycles. The molecule has 7 heteroatoms. The van der Waals surface area contributed by atoms with Gasteiger partial charge in [-0.15, -0.1) is 10.2 Å². The zero-order valence-corrected chi connectivity index (χ0v) is 16.2. The average molecular weight is 371 g/mol. The number of carbonyl (C=O) groups is 1. The Morgan fingerprint density at radius 3 is 2.85 bits per heavy atom. The van der Waals surface area contributed by atoms with Crippen LogP contribution >= 0.6 is 0 Å². The van der Waals surface area contributed by atoms with Gasteiger partial charge in [-0.3, -0.25) is 4.40 Å². The second-order valence-electron chi connectivity index (χ2n) is 8.03. The van der Waals surface area contributed by atoms with E-state index in [0.29, 0.717) is 5.92 Å². The van der Waals surface area contributed by atoms with Crippen LogP contribution in [0.1, 0.15) is 44.3 Å². The third-order valence-corrected chi connectivity index (χ3v) is 5.93. The van der Waals surface area contributed by atoms with Gasteiger partial charge in [-0.05, 0) is 50.3 Å². The van der Waals surface area contributed by atoms with Gasteiger partial charge in [0.25, 0.3) is 0 Å². The van der Waals surface area contributed by atoms with E-state index >= 15 is 0 Å². The second kappa shape index (κ2) is 8.25. The molecule has 7 nitrogen and oxygen atoms in total. The molecule has 2 aromatic heterocycles. The van der Waals surface area contributed by atoms with Crippen LogP contribution in [0.3, 0.4) is 0 Å². The standard InChI is InChI=1S/C20H30N6O/c1-16-5-4-10-24(15-16)14-9-21-20(27)25-12-7-17(8-13-25)19-23-22-18-6-2-3-11-26(18)19/h2-3,6,11,16-17H,4-5,7-10,12-15H2,1H3,(H,21,27). The highest BCUT2D eigenvalue weighted by Gasteiger charge is 2.26. The first-order chi connectivity index (χ1) is 13.2. The first kappa shape index (κ1) is 18.2. The summed E-state index contributed by atoms with van der Waals surface area (Å²) in [4.78, 5) is 16.9. The maximum Gasteiger partial charge on any atom is 0.317 e. The van der Waals surface area contributed by atoms with Gasteiger partial charge < -0.3 is 15.1 Å². The van der Waals surface area contributed by atoms with Gasteiger partial charge in [-0.1, -0.05) is 13.0 Å². The van der Waals surface area contributed by atoms with E-state index < -0.39 is 0 Å². The van der Waals surface area contributed by atoms with E-state index in [9.17, 15) is 4.79 Å². The highest BCUT2D eigenvalue weighted by atomic mass is 16.2. The van der Waals surface area contributed by atoms with Crippen LogP contribution in [0.15, 0.2) is 24.4 Å². The molecule has 0 bridgehead atoms. The number of hydrogen-bond donors (Lipinski definition) is 1. The maximum atomic E-state index is 12.5. The molecule has 1 N–H and O–H groups in total. The van der Waals surface area contributed by atoms with Gasteiger partial charge in [0.2, 0.25) is 0 Å². The van der Waals surface area contributed by atoms with Crippen LogP contribution in [0, 0.1) is 5.92 Å². The van der Waals surface area contributed by atoms with Crippen molar-refractivity contribution in [2.24, 2.45) is 5.92 Å². The lowest BCUT2D eigenvalue weighted by Crippen LogP contribution is -2.47. The molecule has 0 saturated carbocycles. The van der Waals surface area contributed by atoms with Crippen LogP contribution in [-0.2, 0) is 0 Å². The van der Waals surface area contributed by atoms with E-state index in [4.69, 9.17) is 0 Å². The van der Waals surface area contributed by atoms with E-state index in [0.717, 1.165) is 69.5 Å². The van der Waals surface area contributed by atoms with Gasteiger partial charge in [0.1, 0.15) is 5.82 Å². The Hall–Kier alpha value is -2.15. The van der Waals surface area contributed by atoms with Crippen molar-refractivity contribution in [3.8, 4) is 0 Å². The molecule has 1 unspecified atom stereocenters. The number of fused-ring (bicyclic) bond motifs is 1. The quantitative estimate of drug-likeness (QED) is 0.897. The van der Waals surface area contributed by atoms with E-state index in [-0.39, 0.29) is 6.03 Å². The molecule has 2 aromatic rings. The predicted octanol–water partition coefficient (Wildman–Crippen LogP) is 2.35. The summed E-state index contributed by atoms with van der Waals surface area (Å²) >= 11 is 0. The highest BCUT2D eigenvalue weighted by molar-refractivity contribution is 5.74. The summed E-state index contributed by atoms with van der Waals surface area (Å²) in [7, 11) is 0. The zero-order chi connectivity index (χ0) is 18.6. The Labute approximate surface area is 160 Å². The Kier molecular flexibility index (Phi) is 5.57. The van der Waals surface area contributed by atoms with E-state index in [1.165, 1.54) is 12.8 Å². The largest absolute Gasteiger partial charge is 0.337 e. The number of urea groups is 1. The number of likely N-dealkylation sites (tertiary alicyclic amines) is 2. The van der Waals surface area contributed by atoms with Gasteiger partial charge in [-0.2, -0.15) is 0 Å². The Balaban J connectivity index is 1.23. The summed E-state index contributed by atoms with van der Waals surface area (Å²) < 4.78 is 2.07. The first-order valence-corrected chi connectivity index (χ1v) is 10.3. The van der Waals surface area contributed by atoms with Crippen LogP contribution in [0.5, 0.6) is 0 Å². The van der Waals surface area contributed by atoms with Gasteiger partial charge in [0, 0.05) is 44.8 Å². The average Bonchev–Trinajstić information content (AvgIpc) is 3.12. The number of nitrogens with zero attached hydrogens (tertiary/aromatic N) is 5. The number of rotatable bonds is 4. The van der Waals surface area contributed by atoms with E-state index in [1.54, 1.807) is 0 Å². The van der Waals surface area contributed by atoms with Crippen LogP contribution in [-0.4, -0.2) is 69.7 Å². The van der Waals surface area contributed by atoms with Crippen molar-refractivity contribution in [2.45, 2.75) is 38.5 Å². The van der Waals surface area contributed by atoms with Gasteiger partial charge in [0.15, 0.2) is 5.65 Å². The maximum absolute atomic E-state index is 12.5. The smallest absolute Gasteiger partial charge is 0.317 e. The molecule has 146 valence electrons. The minimum absolute atomic E-state index is 0.0737. The number of carbonyl (C=O) groups excluding carboxylic acids is 1. The van der Waals surface area contributed by atoms with Crippen molar-refractivity contribution in [3.63, 3.8) is 0 Å². The summed E-state index contributed by atoms with van der Waals surface area (Å²) in [6, 6.07) is 6.03. The fraction of sp³-hybridized carbons (Fsp3) is 0.650. The van der Waals surface area contributed by atoms with Gasteiger partial charge in [0.05, 0.1) is 0 Å². The third-order valence-electron chi connectivity index (χ3n) is 5.93. The summed E-state index contributed by atoms with van der Waals surface area (Å²) in [5, 5.41) is 11.7. The fourth-order valence-electron chi connectivity index (χ4n) is 4.40. The van der Waals surface area contributed by atoms with Crippen LogP contribution in [0.25, 0.3) is 5.65 Å². The van der Waals surface area contributed by atoms with E-state index in [2.05, 4.69) is 31.7 Å². The zero-order valence-electron chi connectivity index (χ0n) is 16.2. The highest BCUT2D eigenvalue weighted by Crippen LogP contribution is 2.27. The molecular formula is C20H30N6O. The number of nitrogens with one attached hydrogen (secondary N) is 1. The topological polar surface area (TPSA) is 65.8 Å². The van der Waals surface area contributed by atoms with Crippen molar-refractivity contribution in [3.05, 3.63) is 30.2 Å². The molecule has 0 aliphatic carbocycles. The van der Waals surface area contributed by atoms with Crippen molar-refractivity contribution in [1.82, 2.24) is 29.7 Å². The lowest BCUT2D eigenvalue weighted by Gasteiger charge is -2.33. The summed E-state index contributed by atoms with van der Waals surface area (Å²) in [6.45, 7) is 7.88. The fourth-order valence-corrected chi connectivity index (χ4v) is 4.40. The lowest BCUT2D eigenvalue weighted by atomic mass is 9.96. The first-order valence-electron chi connectivity index (χ1n) is 10.3. The molecule has 0 aromatic carbocycles.